The zero-order valence-corrected chi connectivity index (χ0v) is 31.7. The highest BCUT2D eigenvalue weighted by Crippen LogP contribution is 2.30. The van der Waals surface area contributed by atoms with Gasteiger partial charge in [-0.1, -0.05) is 0 Å². The summed E-state index contributed by atoms with van der Waals surface area (Å²) in [6.07, 6.45) is -7.22. The molecule has 0 aliphatic heterocycles. The zero-order valence-electron chi connectivity index (χ0n) is 26.4. The Hall–Kier alpha value is -4.21. The minimum atomic E-state index is -7.22. The molecule has 0 aliphatic rings. The van der Waals surface area contributed by atoms with E-state index < -0.39 is 144 Å². The number of benzene rings is 4. The van der Waals surface area contributed by atoms with E-state index >= 15 is 35.1 Å². The normalized spacial score (nSPS) is 11.7. The van der Waals surface area contributed by atoms with Crippen LogP contribution in [-0.4, -0.2) is 6.15 Å². The molecule has 6 rings (SSSR count). The van der Waals surface area contributed by atoms with Crippen molar-refractivity contribution >= 4 is 59.9 Å². The first-order valence-electron chi connectivity index (χ1n) is 14.3. The van der Waals surface area contributed by atoms with E-state index in [0.29, 0.717) is 0 Å². The van der Waals surface area contributed by atoms with Crippen LogP contribution in [0.1, 0.15) is 0 Å². The van der Waals surface area contributed by atoms with E-state index in [1.807, 2.05) is 24.3 Å². The highest BCUT2D eigenvalue weighted by atomic mass is 127. The average molecular weight is 1100 g/mol. The molecule has 308 valence electrons. The van der Waals surface area contributed by atoms with Gasteiger partial charge < -0.3 is 8.83 Å². The van der Waals surface area contributed by atoms with Crippen molar-refractivity contribution in [2.75, 3.05) is 0 Å². The maximum absolute atomic E-state index is 15.4. The molecule has 0 atom stereocenters. The summed E-state index contributed by atoms with van der Waals surface area (Å²) in [4.78, 5) is 0. The Bertz CT molecular complexity index is 2230. The predicted molar refractivity (Wildman–Crippen MR) is 159 cm³/mol. The van der Waals surface area contributed by atoms with E-state index in [-0.39, 0.29) is 21.2 Å². The molecule has 2 heterocycles. The van der Waals surface area contributed by atoms with Crippen LogP contribution in [0.25, 0.3) is 0 Å². The monoisotopic (exact) mass is 1100 g/mol. The van der Waals surface area contributed by atoms with Crippen LogP contribution in [0.5, 0.6) is 0 Å². The fourth-order valence-corrected chi connectivity index (χ4v) is 8.81. The summed E-state index contributed by atoms with van der Waals surface area (Å²) in [5, 5.41) is 0. The number of rotatable bonds is 6. The van der Waals surface area contributed by atoms with Gasteiger partial charge in [0.05, 0.1) is 0 Å². The van der Waals surface area contributed by atoms with Gasteiger partial charge in [-0.2, -0.15) is 0 Å². The largest absolute Gasteiger partial charge is 0.443 e. The minimum Gasteiger partial charge on any atom is -0.411 e. The van der Waals surface area contributed by atoms with Gasteiger partial charge in [0.15, 0.2) is 79.1 Å². The van der Waals surface area contributed by atoms with Crippen LogP contribution < -0.4 is 43.1 Å². The molecule has 2 aromatic heterocycles. The van der Waals surface area contributed by atoms with Crippen molar-refractivity contribution in [3.63, 3.8) is 0 Å². The second kappa shape index (κ2) is 16.4. The van der Waals surface area contributed by atoms with Crippen LogP contribution >= 0.6 is 31.9 Å². The zero-order chi connectivity index (χ0) is 43.6. The Labute approximate surface area is 333 Å². The maximum Gasteiger partial charge on any atom is 0.443 e. The van der Waals surface area contributed by atoms with E-state index in [4.69, 9.17) is 8.83 Å². The van der Waals surface area contributed by atoms with E-state index in [1.54, 1.807) is 0 Å². The van der Waals surface area contributed by atoms with Gasteiger partial charge in [0, 0.05) is 12.1 Å². The molecule has 0 saturated carbocycles. The van der Waals surface area contributed by atoms with Crippen molar-refractivity contribution in [3.8, 4) is 0 Å². The Morgan fingerprint density at radius 1 is 0.293 bits per heavy atom. The van der Waals surface area contributed by atoms with Crippen molar-refractivity contribution in [1.29, 1.82) is 0 Å². The van der Waals surface area contributed by atoms with Crippen molar-refractivity contribution in [1.82, 2.24) is 0 Å². The van der Waals surface area contributed by atoms with E-state index in [9.17, 15) is 52.7 Å². The second-order valence-corrected chi connectivity index (χ2v) is 15.2. The highest BCUT2D eigenvalue weighted by Gasteiger charge is 2.52. The summed E-state index contributed by atoms with van der Waals surface area (Å²) < 4.78 is 308. The molecule has 2 nitrogen and oxygen atoms in total. The Balaban J connectivity index is 0.000000414. The van der Waals surface area contributed by atoms with Crippen LogP contribution in [-0.2, 0) is 0 Å². The van der Waals surface area contributed by atoms with Crippen LogP contribution in [0.15, 0.2) is 42.4 Å². The molecule has 6 aromatic rings. The fourth-order valence-electron chi connectivity index (χ4n) is 5.65. The van der Waals surface area contributed by atoms with Crippen molar-refractivity contribution in [3.05, 3.63) is 157 Å². The summed E-state index contributed by atoms with van der Waals surface area (Å²) in [5.41, 5.74) is -14.3. The molecule has 0 unspecified atom stereocenters. The van der Waals surface area contributed by atoms with Crippen molar-refractivity contribution < 1.29 is 118 Å². The highest BCUT2D eigenvalue weighted by molar-refractivity contribution is 9.10. The van der Waals surface area contributed by atoms with Gasteiger partial charge in [0.2, 0.25) is 0 Å². The van der Waals surface area contributed by atoms with Gasteiger partial charge in [-0.15, -0.1) is 21.9 Å². The number of hydrogen-bond acceptors (Lipinski definition) is 2. The quantitative estimate of drug-likeness (QED) is 0.0638. The van der Waals surface area contributed by atoms with Crippen molar-refractivity contribution in [2.45, 2.75) is 0 Å². The average Bonchev–Trinajstić information content (AvgIpc) is 3.80. The molecule has 0 spiro atoms. The third kappa shape index (κ3) is 7.04. The van der Waals surface area contributed by atoms with Crippen LogP contribution in [0.2, 0.25) is 0 Å². The summed E-state index contributed by atoms with van der Waals surface area (Å²) in [6.45, 7) is 0. The van der Waals surface area contributed by atoms with E-state index in [0.717, 1.165) is 16.9 Å². The SMILES string of the molecule is Brc1ccc([I+]c2ccc(Br)o2)o1.Fc1c(F)c(F)c([B-](c2c(F)c(F)c(F)c(F)c2F)(c2c(F)c(F)c(F)c(F)c2F)c2c(F)c(F)c(F)c(F)c2F)c(F)c1F. The van der Waals surface area contributed by atoms with E-state index in [1.165, 1.54) is 0 Å². The number of halogens is 23. The number of hydrogen-bond donors (Lipinski definition) is 0. The molecule has 26 heteroatoms. The topological polar surface area (TPSA) is 26.3 Å². The summed E-state index contributed by atoms with van der Waals surface area (Å²) in [6, 6.07) is 7.72. The minimum absolute atomic E-state index is 0.323. The number of furan rings is 2. The fraction of sp³-hybridized carbons (Fsp3) is 0. The van der Waals surface area contributed by atoms with Gasteiger partial charge in [-0.25, -0.2) is 87.8 Å². The second-order valence-electron chi connectivity index (χ2n) is 11.0. The maximum atomic E-state index is 15.4. The van der Waals surface area contributed by atoms with E-state index in [2.05, 4.69) is 31.9 Å². The molecule has 0 N–H and O–H groups in total. The lowest BCUT2D eigenvalue weighted by Crippen LogP contribution is -3.61. The third-order valence-corrected chi connectivity index (χ3v) is 11.0. The standard InChI is InChI=1S/C24BF20.C8H4Br2IO2/c26-5-1(6(27)14(35)21(42)13(5)34)25(2-7(28)15(36)22(43)16(37)8(2)29,3-9(30)17(38)23(44)18(39)10(3)31)4-11(32)19(40)24(45)20(41)12(4)33;9-5-1-3-7(12-5)11-8-4-2-6(10)13-8/h;1-4H/q-1;+1. The summed E-state index contributed by atoms with van der Waals surface area (Å²) >= 11 is 6.20. The van der Waals surface area contributed by atoms with Gasteiger partial charge in [0.25, 0.3) is 0 Å². The third-order valence-electron chi connectivity index (χ3n) is 7.97. The lowest BCUT2D eigenvalue weighted by molar-refractivity contribution is -0.636. The first kappa shape index (κ1) is 44.9. The van der Waals surface area contributed by atoms with Crippen LogP contribution in [0.4, 0.5) is 87.8 Å². The van der Waals surface area contributed by atoms with Gasteiger partial charge in [-0.05, 0) is 44.0 Å². The summed E-state index contributed by atoms with van der Waals surface area (Å²) in [7, 11) is 0. The smallest absolute Gasteiger partial charge is 0.411 e. The Morgan fingerprint density at radius 3 is 0.621 bits per heavy atom. The molecule has 0 aliphatic carbocycles. The first-order valence-corrected chi connectivity index (χ1v) is 18.1. The molecule has 0 saturated heterocycles. The first-order chi connectivity index (χ1) is 26.9. The lowest BCUT2D eigenvalue weighted by Gasteiger charge is -2.44. The molecule has 4 aromatic carbocycles. The molecular weight excluding hydrogens is 1090 g/mol. The molecule has 0 radical (unpaired) electrons. The van der Waals surface area contributed by atoms with Gasteiger partial charge >= 0.3 is 28.7 Å². The summed E-state index contributed by atoms with van der Waals surface area (Å²) in [5.74, 6) is -71.4. The molecule has 58 heavy (non-hydrogen) atoms. The van der Waals surface area contributed by atoms with Crippen LogP contribution in [0.3, 0.4) is 0 Å². The molecule has 0 bridgehead atoms. The van der Waals surface area contributed by atoms with Gasteiger partial charge in [0.1, 0.15) is 52.7 Å². The predicted octanol–water partition coefficient (Wildman–Crippen LogP) is 6.37. The van der Waals surface area contributed by atoms with Crippen molar-refractivity contribution in [2.24, 2.45) is 0 Å². The molecule has 0 amide bonds. The molecular formula is C32H4BBr2F20IO2. The Morgan fingerprint density at radius 2 is 0.466 bits per heavy atom. The Kier molecular flexibility index (Phi) is 12.7. The lowest BCUT2D eigenvalue weighted by atomic mass is 9.12. The molecule has 0 fully saturated rings. The van der Waals surface area contributed by atoms with Gasteiger partial charge in [-0.3, -0.25) is 0 Å². The van der Waals surface area contributed by atoms with Crippen LogP contribution in [0, 0.1) is 124 Å².